The van der Waals surface area contributed by atoms with Gasteiger partial charge in [-0.15, -0.1) is 22.7 Å². The van der Waals surface area contributed by atoms with E-state index in [-0.39, 0.29) is 0 Å². The second kappa shape index (κ2) is 6.27. The maximum absolute atomic E-state index is 5.98. The summed E-state index contributed by atoms with van der Waals surface area (Å²) in [5.41, 5.74) is 8.16. The Balaban J connectivity index is 1.51. The molecule has 0 bridgehead atoms. The molecule has 0 saturated heterocycles. The molecule has 0 radical (unpaired) electrons. The quantitative estimate of drug-likeness (QED) is 0.424. The van der Waals surface area contributed by atoms with Crippen LogP contribution < -0.4 is 5.73 Å². The highest BCUT2D eigenvalue weighted by Gasteiger charge is 2.09. The molecule has 0 fully saturated rings. The van der Waals surface area contributed by atoms with E-state index in [0.717, 1.165) is 32.2 Å². The van der Waals surface area contributed by atoms with Crippen molar-refractivity contribution in [1.29, 1.82) is 0 Å². The third kappa shape index (κ3) is 3.08. The molecule has 4 nitrogen and oxygen atoms in total. The van der Waals surface area contributed by atoms with Gasteiger partial charge in [0.05, 0.1) is 11.1 Å². The molecule has 23 heavy (non-hydrogen) atoms. The highest BCUT2D eigenvalue weighted by atomic mass is 32.2. The molecule has 0 unspecified atom stereocenters. The van der Waals surface area contributed by atoms with E-state index in [1.165, 1.54) is 0 Å². The summed E-state index contributed by atoms with van der Waals surface area (Å²) in [7, 11) is 0. The predicted octanol–water partition coefficient (Wildman–Crippen LogP) is 4.69. The zero-order valence-electron chi connectivity index (χ0n) is 12.0. The molecule has 3 aromatic heterocycles. The van der Waals surface area contributed by atoms with Crippen molar-refractivity contribution in [2.24, 2.45) is 0 Å². The average molecular weight is 357 g/mol. The molecule has 0 atom stereocenters. The van der Waals surface area contributed by atoms with Gasteiger partial charge in [0.2, 0.25) is 0 Å². The molecule has 0 aliphatic heterocycles. The molecule has 1 aromatic carbocycles. The third-order valence-electron chi connectivity index (χ3n) is 3.26. The van der Waals surface area contributed by atoms with Crippen LogP contribution in [-0.4, -0.2) is 15.0 Å². The second-order valence-electron chi connectivity index (χ2n) is 4.83. The number of nitrogen functional groups attached to an aromatic ring is 1. The Morgan fingerprint density at radius 3 is 2.74 bits per heavy atom. The van der Waals surface area contributed by atoms with Crippen molar-refractivity contribution in [3.63, 3.8) is 0 Å². The summed E-state index contributed by atoms with van der Waals surface area (Å²) in [6.45, 7) is 0. The maximum Gasteiger partial charge on any atom is 0.191 e. The summed E-state index contributed by atoms with van der Waals surface area (Å²) in [4.78, 5) is 14.5. The minimum Gasteiger partial charge on any atom is -0.383 e. The lowest BCUT2D eigenvalue weighted by molar-refractivity contribution is 1.01. The Bertz CT molecular complexity index is 946. The van der Waals surface area contributed by atoms with Crippen molar-refractivity contribution < 1.29 is 0 Å². The van der Waals surface area contributed by atoms with Gasteiger partial charge in [0, 0.05) is 16.7 Å². The number of hydrogen-bond acceptors (Lipinski definition) is 7. The fourth-order valence-electron chi connectivity index (χ4n) is 2.15. The number of nitrogens with two attached hydrogens (primary N) is 1. The number of thioether (sulfide) groups is 1. The number of anilines is 1. The number of thiophene rings is 1. The van der Waals surface area contributed by atoms with Crippen molar-refractivity contribution in [3.8, 4) is 10.6 Å². The van der Waals surface area contributed by atoms with Crippen molar-refractivity contribution in [2.75, 3.05) is 5.73 Å². The van der Waals surface area contributed by atoms with Crippen LogP contribution in [0.2, 0.25) is 0 Å². The average Bonchev–Trinajstić information content (AvgIpc) is 3.23. The Labute approximate surface area is 145 Å². The van der Waals surface area contributed by atoms with Gasteiger partial charge >= 0.3 is 0 Å². The molecule has 0 amide bonds. The zero-order valence-corrected chi connectivity index (χ0v) is 14.4. The lowest BCUT2D eigenvalue weighted by atomic mass is 10.2. The number of nitrogens with zero attached hydrogens (tertiary/aromatic N) is 3. The molecule has 2 N–H and O–H groups in total. The first-order valence-electron chi connectivity index (χ1n) is 6.93. The van der Waals surface area contributed by atoms with Crippen molar-refractivity contribution in [3.05, 3.63) is 52.9 Å². The van der Waals surface area contributed by atoms with Gasteiger partial charge in [-0.05, 0) is 11.4 Å². The van der Waals surface area contributed by atoms with E-state index in [1.807, 2.05) is 29.6 Å². The first-order chi connectivity index (χ1) is 11.3. The zero-order chi connectivity index (χ0) is 15.6. The Morgan fingerprint density at radius 1 is 1.00 bits per heavy atom. The second-order valence-corrected chi connectivity index (χ2v) is 7.52. The normalized spacial score (nSPS) is 11.1. The van der Waals surface area contributed by atoms with Gasteiger partial charge < -0.3 is 5.73 Å². The van der Waals surface area contributed by atoms with E-state index in [4.69, 9.17) is 5.73 Å². The van der Waals surface area contributed by atoms with E-state index in [0.29, 0.717) is 11.0 Å². The molecule has 0 aliphatic carbocycles. The van der Waals surface area contributed by atoms with Crippen LogP contribution in [0.25, 0.3) is 20.8 Å². The van der Waals surface area contributed by atoms with E-state index >= 15 is 0 Å². The number of hydrogen-bond donors (Lipinski definition) is 1. The molecular weight excluding hydrogens is 344 g/mol. The highest BCUT2D eigenvalue weighted by molar-refractivity contribution is 7.98. The van der Waals surface area contributed by atoms with Gasteiger partial charge in [-0.3, -0.25) is 0 Å². The monoisotopic (exact) mass is 356 g/mol. The van der Waals surface area contributed by atoms with Gasteiger partial charge in [-0.2, -0.15) is 0 Å². The fraction of sp³-hybridized carbons (Fsp3) is 0.0625. The molecule has 7 heteroatoms. The van der Waals surface area contributed by atoms with Crippen LogP contribution in [0.3, 0.4) is 0 Å². The number of rotatable bonds is 4. The Kier molecular flexibility index (Phi) is 3.99. The smallest absolute Gasteiger partial charge is 0.191 e. The lowest BCUT2D eigenvalue weighted by Crippen LogP contribution is -1.95. The summed E-state index contributed by atoms with van der Waals surface area (Å²) in [6, 6.07) is 12.2. The van der Waals surface area contributed by atoms with E-state index in [2.05, 4.69) is 32.5 Å². The van der Waals surface area contributed by atoms with Crippen molar-refractivity contribution >= 4 is 50.5 Å². The standard InChI is InChI=1S/C16H12N4S3/c17-13-12-6-7-21-15(12)20-16(19-13)23-9-11-8-22-14(18-11)10-4-2-1-3-5-10/h1-8H,9H2,(H2,17,19,20). The van der Waals surface area contributed by atoms with Crippen LogP contribution in [0.5, 0.6) is 0 Å². The molecule has 4 rings (SSSR count). The SMILES string of the molecule is Nc1nc(SCc2csc(-c3ccccc3)n2)nc2sccc12. The van der Waals surface area contributed by atoms with Gasteiger partial charge in [0.25, 0.3) is 0 Å². The van der Waals surface area contributed by atoms with Crippen LogP contribution in [0.15, 0.2) is 52.3 Å². The van der Waals surface area contributed by atoms with Gasteiger partial charge in [-0.25, -0.2) is 15.0 Å². The van der Waals surface area contributed by atoms with Crippen molar-refractivity contribution in [1.82, 2.24) is 15.0 Å². The van der Waals surface area contributed by atoms with Crippen molar-refractivity contribution in [2.45, 2.75) is 10.9 Å². The topological polar surface area (TPSA) is 64.7 Å². The fourth-order valence-corrected chi connectivity index (χ4v) is 4.65. The molecule has 114 valence electrons. The van der Waals surface area contributed by atoms with Crippen LogP contribution in [0, 0.1) is 0 Å². The van der Waals surface area contributed by atoms with Crippen LogP contribution in [0.4, 0.5) is 5.82 Å². The number of benzene rings is 1. The number of thiazole rings is 1. The molecule has 0 aliphatic rings. The summed E-state index contributed by atoms with van der Waals surface area (Å²) in [5.74, 6) is 1.28. The number of aromatic nitrogens is 3. The minimum absolute atomic E-state index is 0.544. The van der Waals surface area contributed by atoms with E-state index in [1.54, 1.807) is 34.4 Å². The Hall–Kier alpha value is -1.96. The third-order valence-corrected chi connectivity index (χ3v) is 5.88. The van der Waals surface area contributed by atoms with Crippen LogP contribution in [-0.2, 0) is 5.75 Å². The van der Waals surface area contributed by atoms with Gasteiger partial charge in [-0.1, -0.05) is 42.1 Å². The van der Waals surface area contributed by atoms with E-state index in [9.17, 15) is 0 Å². The summed E-state index contributed by atoms with van der Waals surface area (Å²) < 4.78 is 0. The van der Waals surface area contributed by atoms with E-state index < -0.39 is 0 Å². The highest BCUT2D eigenvalue weighted by Crippen LogP contribution is 2.29. The van der Waals surface area contributed by atoms with Gasteiger partial charge in [0.15, 0.2) is 5.16 Å². The lowest BCUT2D eigenvalue weighted by Gasteiger charge is -2.01. The molecule has 0 spiro atoms. The first kappa shape index (κ1) is 14.6. The summed E-state index contributed by atoms with van der Waals surface area (Å²) in [6.07, 6.45) is 0. The van der Waals surface area contributed by atoms with Crippen LogP contribution >= 0.6 is 34.4 Å². The largest absolute Gasteiger partial charge is 0.383 e. The minimum atomic E-state index is 0.544. The summed E-state index contributed by atoms with van der Waals surface area (Å²) >= 11 is 4.80. The Morgan fingerprint density at radius 2 is 1.87 bits per heavy atom. The molecular formula is C16H12N4S3. The molecule has 4 aromatic rings. The molecule has 3 heterocycles. The van der Waals surface area contributed by atoms with Gasteiger partial charge in [0.1, 0.15) is 15.7 Å². The molecule has 0 saturated carbocycles. The predicted molar refractivity (Wildman–Crippen MR) is 98.9 cm³/mol. The summed E-state index contributed by atoms with van der Waals surface area (Å²) in [5, 5.41) is 6.74. The maximum atomic E-state index is 5.98. The van der Waals surface area contributed by atoms with Crippen LogP contribution in [0.1, 0.15) is 5.69 Å². The number of fused-ring (bicyclic) bond motifs is 1. The first-order valence-corrected chi connectivity index (χ1v) is 9.67.